The fourth-order valence-corrected chi connectivity index (χ4v) is 1.95. The van der Waals surface area contributed by atoms with Crippen molar-refractivity contribution in [3.8, 4) is 0 Å². The van der Waals surface area contributed by atoms with Crippen LogP contribution in [0.4, 0.5) is 0 Å². The minimum atomic E-state index is -4.92. The van der Waals surface area contributed by atoms with E-state index in [2.05, 4.69) is 8.92 Å². The Morgan fingerprint density at radius 2 is 2.12 bits per heavy atom. The van der Waals surface area contributed by atoms with E-state index < -0.39 is 47.2 Å². The van der Waals surface area contributed by atoms with Crippen LogP contribution in [0.15, 0.2) is 0 Å². The molecule has 4 atom stereocenters. The van der Waals surface area contributed by atoms with Gasteiger partial charge in [-0.3, -0.25) is 4.18 Å². The molecule has 0 radical (unpaired) electrons. The van der Waals surface area contributed by atoms with Gasteiger partial charge < -0.3 is 24.3 Å². The van der Waals surface area contributed by atoms with Crippen LogP contribution < -0.4 is 5.11 Å². The van der Waals surface area contributed by atoms with Crippen LogP contribution in [0.5, 0.6) is 0 Å². The zero-order valence-corrected chi connectivity index (χ0v) is 9.05. The monoisotopic (exact) mass is 254 g/mol. The number of carboxylic acid groups (broad SMARTS) is 1. The average Bonchev–Trinajstić information content (AvgIpc) is 2.10. The molecule has 16 heavy (non-hydrogen) atoms. The lowest BCUT2D eigenvalue weighted by Gasteiger charge is -2.38. The Labute approximate surface area is 91.7 Å². The molecule has 0 amide bonds. The quantitative estimate of drug-likeness (QED) is 0.415. The van der Waals surface area contributed by atoms with Crippen molar-refractivity contribution < 1.29 is 36.9 Å². The summed E-state index contributed by atoms with van der Waals surface area (Å²) in [4.78, 5) is 10.5. The van der Waals surface area contributed by atoms with Crippen molar-refractivity contribution in [1.29, 1.82) is 0 Å². The molecule has 1 N–H and O–H groups in total. The molecule has 1 heterocycles. The molecule has 9 heteroatoms. The maximum Gasteiger partial charge on any atom is 0.217 e. The van der Waals surface area contributed by atoms with Gasteiger partial charge in [0.1, 0.15) is 12.2 Å². The SMILES string of the molecule is CC1C(OS(=O)(=O)[O-])COC(C(=O)[O-])C1O. The molecule has 0 bridgehead atoms. The highest BCUT2D eigenvalue weighted by Crippen LogP contribution is 2.24. The Kier molecular flexibility index (Phi) is 3.86. The van der Waals surface area contributed by atoms with Crippen LogP contribution in [0.1, 0.15) is 6.92 Å². The summed E-state index contributed by atoms with van der Waals surface area (Å²) in [5.41, 5.74) is 0. The first-order chi connectivity index (χ1) is 7.22. The van der Waals surface area contributed by atoms with Gasteiger partial charge in [-0.2, -0.15) is 0 Å². The third-order valence-corrected chi connectivity index (χ3v) is 2.83. The molecule has 0 spiro atoms. The maximum absolute atomic E-state index is 10.5. The highest BCUT2D eigenvalue weighted by Gasteiger charge is 2.38. The number of carboxylic acids is 1. The predicted octanol–water partition coefficient (Wildman–Crippen LogP) is -3.02. The number of ether oxygens (including phenoxy) is 1. The summed E-state index contributed by atoms with van der Waals surface area (Å²) in [6.45, 7) is 0.928. The number of hydrogen-bond donors (Lipinski definition) is 1. The zero-order valence-electron chi connectivity index (χ0n) is 8.23. The van der Waals surface area contributed by atoms with Gasteiger partial charge >= 0.3 is 0 Å². The van der Waals surface area contributed by atoms with Gasteiger partial charge in [0.05, 0.1) is 18.7 Å². The molecule has 94 valence electrons. The Hall–Kier alpha value is -0.740. The first-order valence-electron chi connectivity index (χ1n) is 4.37. The second-order valence-corrected chi connectivity index (χ2v) is 4.47. The van der Waals surface area contributed by atoms with Crippen LogP contribution in [0.2, 0.25) is 0 Å². The fraction of sp³-hybridized carbons (Fsp3) is 0.857. The Morgan fingerprint density at radius 3 is 2.56 bits per heavy atom. The number of rotatable bonds is 3. The normalized spacial score (nSPS) is 35.9. The summed E-state index contributed by atoms with van der Waals surface area (Å²) in [6.07, 6.45) is -4.25. The lowest BCUT2D eigenvalue weighted by atomic mass is 9.92. The minimum absolute atomic E-state index is 0.418. The summed E-state index contributed by atoms with van der Waals surface area (Å²) < 4.78 is 39.7. The molecular formula is C7H10O8S-2. The van der Waals surface area contributed by atoms with Gasteiger partial charge in [0.25, 0.3) is 0 Å². The summed E-state index contributed by atoms with van der Waals surface area (Å²) in [7, 11) is -4.92. The van der Waals surface area contributed by atoms with Crippen LogP contribution in [0, 0.1) is 5.92 Å². The van der Waals surface area contributed by atoms with E-state index in [0.717, 1.165) is 0 Å². The number of aliphatic carboxylic acids is 1. The molecule has 1 rings (SSSR count). The second kappa shape index (κ2) is 4.63. The first kappa shape index (κ1) is 13.3. The summed E-state index contributed by atoms with van der Waals surface area (Å²) in [6, 6.07) is 0. The Balaban J connectivity index is 2.72. The van der Waals surface area contributed by atoms with Gasteiger partial charge in [0.2, 0.25) is 10.4 Å². The van der Waals surface area contributed by atoms with E-state index in [9.17, 15) is 28.0 Å². The zero-order chi connectivity index (χ0) is 12.5. The number of carbonyl (C=O) groups excluding carboxylic acids is 1. The van der Waals surface area contributed by atoms with Crippen molar-refractivity contribution in [3.05, 3.63) is 0 Å². The van der Waals surface area contributed by atoms with E-state index in [1.807, 2.05) is 0 Å². The standard InChI is InChI=1S/C7H12O8S/c1-3-4(15-16(11,12)13)2-14-6(5(3)8)7(9)10/h3-6,8H,2H2,1H3,(H,9,10)(H,11,12,13)/p-2. The fourth-order valence-electron chi connectivity index (χ4n) is 1.42. The van der Waals surface area contributed by atoms with Crippen molar-refractivity contribution in [2.75, 3.05) is 6.61 Å². The number of carbonyl (C=O) groups is 1. The molecule has 1 aliphatic rings. The average molecular weight is 254 g/mol. The molecule has 1 saturated heterocycles. The Morgan fingerprint density at radius 1 is 1.56 bits per heavy atom. The van der Waals surface area contributed by atoms with Gasteiger partial charge in [-0.25, -0.2) is 8.42 Å². The molecule has 0 saturated carbocycles. The van der Waals surface area contributed by atoms with Crippen molar-refractivity contribution in [3.63, 3.8) is 0 Å². The molecule has 4 unspecified atom stereocenters. The van der Waals surface area contributed by atoms with Gasteiger partial charge in [-0.05, 0) is 0 Å². The van der Waals surface area contributed by atoms with E-state index in [4.69, 9.17) is 0 Å². The predicted molar refractivity (Wildman–Crippen MR) is 44.5 cm³/mol. The van der Waals surface area contributed by atoms with Crippen molar-refractivity contribution in [2.45, 2.75) is 25.2 Å². The largest absolute Gasteiger partial charge is 0.726 e. The summed E-state index contributed by atoms with van der Waals surface area (Å²) >= 11 is 0. The van der Waals surface area contributed by atoms with Gasteiger partial charge in [-0.1, -0.05) is 6.92 Å². The van der Waals surface area contributed by atoms with Crippen LogP contribution >= 0.6 is 0 Å². The van der Waals surface area contributed by atoms with Gasteiger partial charge in [0.15, 0.2) is 0 Å². The van der Waals surface area contributed by atoms with E-state index in [-0.39, 0.29) is 0 Å². The topological polar surface area (TPSA) is 136 Å². The lowest BCUT2D eigenvalue weighted by Crippen LogP contribution is -2.56. The van der Waals surface area contributed by atoms with Crippen molar-refractivity contribution in [2.24, 2.45) is 5.92 Å². The lowest BCUT2D eigenvalue weighted by molar-refractivity contribution is -0.325. The van der Waals surface area contributed by atoms with Gasteiger partial charge in [0, 0.05) is 5.92 Å². The van der Waals surface area contributed by atoms with E-state index in [1.54, 1.807) is 0 Å². The molecule has 0 aromatic carbocycles. The smallest absolute Gasteiger partial charge is 0.217 e. The molecule has 1 aliphatic heterocycles. The Bertz CT molecular complexity index is 363. The van der Waals surface area contributed by atoms with Crippen LogP contribution in [-0.2, 0) is 24.1 Å². The molecule has 0 aliphatic carbocycles. The van der Waals surface area contributed by atoms with E-state index in [1.165, 1.54) is 6.92 Å². The van der Waals surface area contributed by atoms with E-state index >= 15 is 0 Å². The van der Waals surface area contributed by atoms with Gasteiger partial charge in [-0.15, -0.1) is 0 Å². The number of hydrogen-bond acceptors (Lipinski definition) is 8. The third-order valence-electron chi connectivity index (χ3n) is 2.35. The number of aliphatic hydroxyl groups is 1. The maximum atomic E-state index is 10.5. The highest BCUT2D eigenvalue weighted by molar-refractivity contribution is 7.80. The molecule has 0 aromatic heterocycles. The van der Waals surface area contributed by atoms with Crippen LogP contribution in [-0.4, -0.2) is 49.0 Å². The minimum Gasteiger partial charge on any atom is -0.726 e. The first-order valence-corrected chi connectivity index (χ1v) is 5.70. The summed E-state index contributed by atoms with van der Waals surface area (Å²) in [5, 5.41) is 19.9. The summed E-state index contributed by atoms with van der Waals surface area (Å²) in [5.74, 6) is -2.48. The molecule has 1 fully saturated rings. The highest BCUT2D eigenvalue weighted by atomic mass is 32.3. The van der Waals surface area contributed by atoms with Crippen LogP contribution in [0.25, 0.3) is 0 Å². The second-order valence-electron chi connectivity index (χ2n) is 3.47. The molecule has 0 aromatic rings. The molecular weight excluding hydrogens is 244 g/mol. The third kappa shape index (κ3) is 3.12. The molecule has 8 nitrogen and oxygen atoms in total. The van der Waals surface area contributed by atoms with Crippen molar-refractivity contribution in [1.82, 2.24) is 0 Å². The van der Waals surface area contributed by atoms with E-state index in [0.29, 0.717) is 0 Å². The van der Waals surface area contributed by atoms with Crippen molar-refractivity contribution >= 4 is 16.4 Å². The number of aliphatic hydroxyl groups excluding tert-OH is 1. The van der Waals surface area contributed by atoms with Crippen LogP contribution in [0.3, 0.4) is 0 Å².